The number of nitrogens with zero attached hydrogens (tertiary/aromatic N) is 2. The Morgan fingerprint density at radius 1 is 1.00 bits per heavy atom. The lowest BCUT2D eigenvalue weighted by atomic mass is 10.2. The van der Waals surface area contributed by atoms with Crippen LogP contribution >= 0.6 is 11.6 Å². The second-order valence-electron chi connectivity index (χ2n) is 5.84. The number of rotatable bonds is 4. The first-order valence-electron chi connectivity index (χ1n) is 8.05. The Hall–Kier alpha value is -1.79. The van der Waals surface area contributed by atoms with Crippen LogP contribution in [0.4, 0.5) is 11.5 Å². The smallest absolute Gasteiger partial charge is 0.264 e. The van der Waals surface area contributed by atoms with Crippen molar-refractivity contribution in [2.75, 3.05) is 22.7 Å². The number of anilines is 2. The molecule has 1 fully saturated rings. The third kappa shape index (κ3) is 3.99. The molecule has 0 unspecified atom stereocenters. The van der Waals surface area contributed by atoms with E-state index in [-0.39, 0.29) is 15.7 Å². The summed E-state index contributed by atoms with van der Waals surface area (Å²) in [6.07, 6.45) is 6.61. The SMILES string of the molecule is O=S(=O)(Nc1ccc(N2CCCCCC2)cn1)c1ccccc1Cl. The van der Waals surface area contributed by atoms with E-state index in [0.717, 1.165) is 18.8 Å². The summed E-state index contributed by atoms with van der Waals surface area (Å²) in [6.45, 7) is 2.04. The van der Waals surface area contributed by atoms with Crippen LogP contribution in [0.3, 0.4) is 0 Å². The van der Waals surface area contributed by atoms with E-state index in [4.69, 9.17) is 11.6 Å². The van der Waals surface area contributed by atoms with Crippen molar-refractivity contribution in [1.82, 2.24) is 4.98 Å². The molecule has 7 heteroatoms. The molecule has 1 aromatic heterocycles. The molecule has 0 radical (unpaired) electrons. The fraction of sp³-hybridized carbons (Fsp3) is 0.353. The topological polar surface area (TPSA) is 62.3 Å². The van der Waals surface area contributed by atoms with Crippen LogP contribution in [-0.2, 0) is 10.0 Å². The molecule has 128 valence electrons. The standard InChI is InChI=1S/C17H20ClN3O2S/c18-15-7-3-4-8-16(15)24(22,23)20-17-10-9-14(13-19-17)21-11-5-1-2-6-12-21/h3-4,7-10,13H,1-2,5-6,11-12H2,(H,19,20). The summed E-state index contributed by atoms with van der Waals surface area (Å²) < 4.78 is 27.3. The molecule has 0 bridgehead atoms. The molecule has 1 saturated heterocycles. The minimum atomic E-state index is -3.75. The molecule has 0 atom stereocenters. The van der Waals surface area contributed by atoms with Crippen molar-refractivity contribution in [2.24, 2.45) is 0 Å². The molecule has 1 aliphatic rings. The summed E-state index contributed by atoms with van der Waals surface area (Å²) in [7, 11) is -3.75. The summed E-state index contributed by atoms with van der Waals surface area (Å²) in [5.41, 5.74) is 1.03. The Labute approximate surface area is 147 Å². The van der Waals surface area contributed by atoms with Gasteiger partial charge in [-0.3, -0.25) is 4.72 Å². The first kappa shape index (κ1) is 17.0. The highest BCUT2D eigenvalue weighted by Gasteiger charge is 2.18. The zero-order chi connectivity index (χ0) is 17.0. The van der Waals surface area contributed by atoms with E-state index in [1.807, 2.05) is 6.07 Å². The molecule has 0 aliphatic carbocycles. The minimum absolute atomic E-state index is 0.0464. The van der Waals surface area contributed by atoms with Gasteiger partial charge < -0.3 is 4.90 Å². The van der Waals surface area contributed by atoms with E-state index in [1.54, 1.807) is 30.5 Å². The number of halogens is 1. The van der Waals surface area contributed by atoms with Crippen LogP contribution in [0.15, 0.2) is 47.5 Å². The third-order valence-electron chi connectivity index (χ3n) is 4.08. The normalized spacial score (nSPS) is 15.8. The zero-order valence-corrected chi connectivity index (χ0v) is 14.9. The summed E-state index contributed by atoms with van der Waals surface area (Å²) in [6, 6.07) is 9.94. The van der Waals surface area contributed by atoms with Crippen molar-refractivity contribution >= 4 is 33.1 Å². The van der Waals surface area contributed by atoms with E-state index in [1.165, 1.54) is 31.7 Å². The fourth-order valence-electron chi connectivity index (χ4n) is 2.82. The minimum Gasteiger partial charge on any atom is -0.370 e. The molecule has 0 spiro atoms. The van der Waals surface area contributed by atoms with Crippen LogP contribution in [0.5, 0.6) is 0 Å². The van der Waals surface area contributed by atoms with Crippen molar-refractivity contribution in [1.29, 1.82) is 0 Å². The summed E-state index contributed by atoms with van der Waals surface area (Å²) >= 11 is 5.97. The van der Waals surface area contributed by atoms with Crippen molar-refractivity contribution in [3.05, 3.63) is 47.6 Å². The molecule has 2 aromatic rings. The van der Waals surface area contributed by atoms with Gasteiger partial charge >= 0.3 is 0 Å². The number of pyridine rings is 1. The fourth-order valence-corrected chi connectivity index (χ4v) is 4.35. The maximum absolute atomic E-state index is 12.4. The molecule has 24 heavy (non-hydrogen) atoms. The summed E-state index contributed by atoms with van der Waals surface area (Å²) in [5.74, 6) is 0.286. The van der Waals surface area contributed by atoms with Gasteiger partial charge in [0.2, 0.25) is 0 Å². The van der Waals surface area contributed by atoms with Crippen LogP contribution in [0.2, 0.25) is 5.02 Å². The number of hydrogen-bond acceptors (Lipinski definition) is 4. The monoisotopic (exact) mass is 365 g/mol. The molecular formula is C17H20ClN3O2S. The van der Waals surface area contributed by atoms with E-state index in [2.05, 4.69) is 14.6 Å². The zero-order valence-electron chi connectivity index (χ0n) is 13.3. The Balaban J connectivity index is 1.75. The van der Waals surface area contributed by atoms with Gasteiger partial charge in [-0.05, 0) is 37.1 Å². The molecule has 0 saturated carbocycles. The lowest BCUT2D eigenvalue weighted by Crippen LogP contribution is -2.24. The van der Waals surface area contributed by atoms with Crippen LogP contribution in [0.1, 0.15) is 25.7 Å². The Morgan fingerprint density at radius 2 is 1.71 bits per heavy atom. The lowest BCUT2D eigenvalue weighted by Gasteiger charge is -2.22. The van der Waals surface area contributed by atoms with E-state index < -0.39 is 10.0 Å². The van der Waals surface area contributed by atoms with Crippen molar-refractivity contribution in [3.8, 4) is 0 Å². The third-order valence-corrected chi connectivity index (χ3v) is 5.94. The Bertz CT molecular complexity index is 786. The summed E-state index contributed by atoms with van der Waals surface area (Å²) in [5, 5.41) is 0.186. The number of aromatic nitrogens is 1. The predicted molar refractivity (Wildman–Crippen MR) is 97.2 cm³/mol. The van der Waals surface area contributed by atoms with E-state index in [9.17, 15) is 8.42 Å². The largest absolute Gasteiger partial charge is 0.370 e. The van der Waals surface area contributed by atoms with Crippen molar-refractivity contribution in [2.45, 2.75) is 30.6 Å². The molecule has 5 nitrogen and oxygen atoms in total. The summed E-state index contributed by atoms with van der Waals surface area (Å²) in [4.78, 5) is 6.59. The molecular weight excluding hydrogens is 346 g/mol. The number of benzene rings is 1. The second-order valence-corrected chi connectivity index (χ2v) is 7.90. The number of sulfonamides is 1. The first-order valence-corrected chi connectivity index (χ1v) is 9.91. The average molecular weight is 366 g/mol. The van der Waals surface area contributed by atoms with E-state index >= 15 is 0 Å². The van der Waals surface area contributed by atoms with Gasteiger partial charge in [0.15, 0.2) is 0 Å². The van der Waals surface area contributed by atoms with Gasteiger partial charge in [0.05, 0.1) is 16.9 Å². The number of nitrogens with one attached hydrogen (secondary N) is 1. The van der Waals surface area contributed by atoms with Crippen LogP contribution in [0, 0.1) is 0 Å². The maximum Gasteiger partial charge on any atom is 0.264 e. The molecule has 2 heterocycles. The molecule has 1 aliphatic heterocycles. The van der Waals surface area contributed by atoms with Crippen LogP contribution in [-0.4, -0.2) is 26.5 Å². The molecule has 1 N–H and O–H groups in total. The van der Waals surface area contributed by atoms with Gasteiger partial charge in [0.1, 0.15) is 10.7 Å². The molecule has 3 rings (SSSR count). The Kier molecular flexibility index (Phi) is 5.26. The highest BCUT2D eigenvalue weighted by molar-refractivity contribution is 7.92. The first-order chi connectivity index (χ1) is 11.6. The molecule has 1 aromatic carbocycles. The van der Waals surface area contributed by atoms with Crippen LogP contribution < -0.4 is 9.62 Å². The van der Waals surface area contributed by atoms with Crippen LogP contribution in [0.25, 0.3) is 0 Å². The second kappa shape index (κ2) is 7.40. The predicted octanol–water partition coefficient (Wildman–Crippen LogP) is 3.92. The highest BCUT2D eigenvalue weighted by Crippen LogP contribution is 2.24. The van der Waals surface area contributed by atoms with Gasteiger partial charge in [0.25, 0.3) is 10.0 Å². The van der Waals surface area contributed by atoms with Gasteiger partial charge in [-0.15, -0.1) is 0 Å². The van der Waals surface area contributed by atoms with E-state index in [0.29, 0.717) is 0 Å². The lowest BCUT2D eigenvalue weighted by molar-refractivity contribution is 0.601. The Morgan fingerprint density at radius 3 is 2.33 bits per heavy atom. The number of hydrogen-bond donors (Lipinski definition) is 1. The molecule has 0 amide bonds. The quantitative estimate of drug-likeness (QED) is 0.892. The van der Waals surface area contributed by atoms with Gasteiger partial charge in [-0.25, -0.2) is 13.4 Å². The van der Waals surface area contributed by atoms with Crippen molar-refractivity contribution < 1.29 is 8.42 Å². The van der Waals surface area contributed by atoms with Crippen molar-refractivity contribution in [3.63, 3.8) is 0 Å². The maximum atomic E-state index is 12.4. The van der Waals surface area contributed by atoms with Gasteiger partial charge in [-0.1, -0.05) is 36.6 Å². The van der Waals surface area contributed by atoms with Gasteiger partial charge in [0, 0.05) is 13.1 Å². The highest BCUT2D eigenvalue weighted by atomic mass is 35.5. The average Bonchev–Trinajstić information content (AvgIpc) is 2.85. The van der Waals surface area contributed by atoms with Gasteiger partial charge in [-0.2, -0.15) is 0 Å².